The van der Waals surface area contributed by atoms with Gasteiger partial charge in [0.25, 0.3) is 0 Å². The largest absolute Gasteiger partial charge is 0.497 e. The minimum atomic E-state index is -0.655. The van der Waals surface area contributed by atoms with E-state index in [2.05, 4.69) is 15.3 Å². The Bertz CT molecular complexity index is 1370. The van der Waals surface area contributed by atoms with Crippen LogP contribution in [0.2, 0.25) is 0 Å². The SMILES string of the molecule is COc1ccc(OC(=O)N(c2ccnc(Nc3ccc(CN)cc3)n2)c2c(C)cccc2C)c(OC)c1. The third kappa shape index (κ3) is 5.79. The number of ether oxygens (including phenoxy) is 3. The van der Waals surface area contributed by atoms with Crippen LogP contribution >= 0.6 is 0 Å². The van der Waals surface area contributed by atoms with Gasteiger partial charge in [-0.15, -0.1) is 0 Å². The zero-order valence-corrected chi connectivity index (χ0v) is 21.2. The lowest BCUT2D eigenvalue weighted by atomic mass is 10.1. The second kappa shape index (κ2) is 11.4. The summed E-state index contributed by atoms with van der Waals surface area (Å²) in [5.41, 5.74) is 9.92. The summed E-state index contributed by atoms with van der Waals surface area (Å²) in [7, 11) is 3.05. The summed E-state index contributed by atoms with van der Waals surface area (Å²) in [6.07, 6.45) is 0.929. The van der Waals surface area contributed by atoms with Crippen molar-refractivity contribution in [2.45, 2.75) is 20.4 Å². The molecule has 0 aliphatic rings. The molecule has 3 N–H and O–H groups in total. The molecule has 0 radical (unpaired) electrons. The van der Waals surface area contributed by atoms with Gasteiger partial charge in [0.05, 0.1) is 19.9 Å². The molecule has 37 heavy (non-hydrogen) atoms. The lowest BCUT2D eigenvalue weighted by Gasteiger charge is -2.25. The van der Waals surface area contributed by atoms with Crippen molar-refractivity contribution in [3.05, 3.63) is 89.6 Å². The van der Waals surface area contributed by atoms with Crippen LogP contribution in [0.4, 0.5) is 27.9 Å². The van der Waals surface area contributed by atoms with Gasteiger partial charge in [-0.05, 0) is 54.8 Å². The third-order valence-electron chi connectivity index (χ3n) is 5.73. The molecule has 4 aromatic rings. The first-order chi connectivity index (χ1) is 17.9. The van der Waals surface area contributed by atoms with Crippen LogP contribution < -0.4 is 30.2 Å². The highest BCUT2D eigenvalue weighted by molar-refractivity contribution is 5.98. The Labute approximate surface area is 215 Å². The first-order valence-corrected chi connectivity index (χ1v) is 11.6. The Morgan fingerprint density at radius 3 is 2.32 bits per heavy atom. The van der Waals surface area contributed by atoms with E-state index in [9.17, 15) is 4.79 Å². The Balaban J connectivity index is 1.72. The van der Waals surface area contributed by atoms with E-state index in [1.807, 2.05) is 56.3 Å². The van der Waals surface area contributed by atoms with Crippen LogP contribution in [-0.4, -0.2) is 30.3 Å². The van der Waals surface area contributed by atoms with Gasteiger partial charge in [-0.3, -0.25) is 0 Å². The van der Waals surface area contributed by atoms with Gasteiger partial charge in [-0.2, -0.15) is 4.98 Å². The highest BCUT2D eigenvalue weighted by Crippen LogP contribution is 2.35. The summed E-state index contributed by atoms with van der Waals surface area (Å²) in [6, 6.07) is 20.0. The molecule has 0 atom stereocenters. The maximum absolute atomic E-state index is 13.7. The van der Waals surface area contributed by atoms with Crippen LogP contribution in [0.25, 0.3) is 0 Å². The van der Waals surface area contributed by atoms with Crippen LogP contribution in [0.15, 0.2) is 72.9 Å². The molecule has 0 saturated heterocycles. The quantitative estimate of drug-likeness (QED) is 0.320. The molecule has 1 heterocycles. The number of nitrogens with one attached hydrogen (secondary N) is 1. The Morgan fingerprint density at radius 1 is 0.946 bits per heavy atom. The smallest absolute Gasteiger partial charge is 0.425 e. The average Bonchev–Trinajstić information content (AvgIpc) is 2.91. The summed E-state index contributed by atoms with van der Waals surface area (Å²) < 4.78 is 16.5. The topological polar surface area (TPSA) is 112 Å². The fraction of sp³-hybridized carbons (Fsp3) is 0.179. The number of amides is 1. The number of rotatable bonds is 8. The zero-order valence-electron chi connectivity index (χ0n) is 21.2. The molecule has 0 unspecified atom stereocenters. The molecule has 190 valence electrons. The molecule has 0 bridgehead atoms. The number of para-hydroxylation sites is 1. The van der Waals surface area contributed by atoms with Gasteiger partial charge >= 0.3 is 6.09 Å². The minimum Gasteiger partial charge on any atom is -0.497 e. The van der Waals surface area contributed by atoms with Gasteiger partial charge in [-0.1, -0.05) is 30.3 Å². The van der Waals surface area contributed by atoms with Gasteiger partial charge in [0.1, 0.15) is 11.6 Å². The summed E-state index contributed by atoms with van der Waals surface area (Å²) >= 11 is 0. The van der Waals surface area contributed by atoms with Gasteiger partial charge < -0.3 is 25.3 Å². The van der Waals surface area contributed by atoms with Crippen molar-refractivity contribution in [3.8, 4) is 17.2 Å². The predicted molar refractivity (Wildman–Crippen MR) is 143 cm³/mol. The number of benzene rings is 3. The van der Waals surface area contributed by atoms with Crippen molar-refractivity contribution in [2.24, 2.45) is 5.73 Å². The average molecular weight is 500 g/mol. The molecule has 3 aromatic carbocycles. The van der Waals surface area contributed by atoms with E-state index in [0.29, 0.717) is 35.5 Å². The summed E-state index contributed by atoms with van der Waals surface area (Å²) in [4.78, 5) is 24.1. The lowest BCUT2D eigenvalue weighted by molar-refractivity contribution is 0.208. The van der Waals surface area contributed by atoms with Gasteiger partial charge in [0.15, 0.2) is 11.5 Å². The second-order valence-corrected chi connectivity index (χ2v) is 8.23. The molecule has 0 aliphatic carbocycles. The Hall–Kier alpha value is -4.63. The zero-order chi connectivity index (χ0) is 26.4. The summed E-state index contributed by atoms with van der Waals surface area (Å²) in [5, 5.41) is 3.18. The first kappa shape index (κ1) is 25.5. The van der Waals surface area contributed by atoms with E-state index in [4.69, 9.17) is 19.9 Å². The maximum atomic E-state index is 13.7. The number of hydrogen-bond donors (Lipinski definition) is 2. The van der Waals surface area contributed by atoms with Gasteiger partial charge in [0, 0.05) is 30.6 Å². The van der Waals surface area contributed by atoms with Gasteiger partial charge in [-0.25, -0.2) is 14.7 Å². The summed E-state index contributed by atoms with van der Waals surface area (Å²) in [6.45, 7) is 4.31. The molecule has 9 nitrogen and oxygen atoms in total. The number of methoxy groups -OCH3 is 2. The highest BCUT2D eigenvalue weighted by Gasteiger charge is 2.26. The van der Waals surface area contributed by atoms with Crippen molar-refractivity contribution in [1.29, 1.82) is 0 Å². The number of anilines is 4. The molecule has 1 amide bonds. The number of aryl methyl sites for hydroxylation is 2. The van der Waals surface area contributed by atoms with E-state index in [0.717, 1.165) is 22.4 Å². The number of nitrogens with zero attached hydrogens (tertiary/aromatic N) is 3. The molecule has 1 aromatic heterocycles. The molecule has 0 fully saturated rings. The number of aromatic nitrogens is 2. The van der Waals surface area contributed by atoms with Crippen LogP contribution in [-0.2, 0) is 6.54 Å². The Kier molecular flexibility index (Phi) is 7.85. The van der Waals surface area contributed by atoms with E-state index in [-0.39, 0.29) is 5.75 Å². The number of carbonyl (C=O) groups excluding carboxylic acids is 1. The van der Waals surface area contributed by atoms with E-state index >= 15 is 0 Å². The lowest BCUT2D eigenvalue weighted by Crippen LogP contribution is -2.31. The normalized spacial score (nSPS) is 10.5. The van der Waals surface area contributed by atoms with E-state index in [1.165, 1.54) is 12.0 Å². The van der Waals surface area contributed by atoms with Crippen LogP contribution in [0.3, 0.4) is 0 Å². The molecular weight excluding hydrogens is 470 g/mol. The molecule has 9 heteroatoms. The molecule has 4 rings (SSSR count). The Morgan fingerprint density at radius 2 is 1.68 bits per heavy atom. The maximum Gasteiger partial charge on any atom is 0.425 e. The monoisotopic (exact) mass is 499 g/mol. The molecule has 0 aliphatic heterocycles. The third-order valence-corrected chi connectivity index (χ3v) is 5.73. The van der Waals surface area contributed by atoms with Crippen molar-refractivity contribution < 1.29 is 19.0 Å². The molecule has 0 spiro atoms. The standard InChI is InChI=1S/C28H29N5O4/c1-18-6-5-7-19(2)26(18)33(28(34)37-23-13-12-22(35-3)16-24(23)36-4)25-14-15-30-27(32-25)31-21-10-8-20(17-29)9-11-21/h5-16H,17,29H2,1-4H3,(H,30,31,32). The highest BCUT2D eigenvalue weighted by atomic mass is 16.6. The van der Waals surface area contributed by atoms with Crippen LogP contribution in [0, 0.1) is 13.8 Å². The van der Waals surface area contributed by atoms with Crippen molar-refractivity contribution in [2.75, 3.05) is 24.4 Å². The van der Waals surface area contributed by atoms with Crippen molar-refractivity contribution in [1.82, 2.24) is 9.97 Å². The fourth-order valence-electron chi connectivity index (χ4n) is 3.84. The molecule has 0 saturated carbocycles. The minimum absolute atomic E-state index is 0.247. The van der Waals surface area contributed by atoms with E-state index in [1.54, 1.807) is 37.6 Å². The fourth-order valence-corrected chi connectivity index (χ4v) is 3.84. The number of nitrogens with two attached hydrogens (primary N) is 1. The van der Waals surface area contributed by atoms with Crippen molar-refractivity contribution in [3.63, 3.8) is 0 Å². The number of carbonyl (C=O) groups is 1. The first-order valence-electron chi connectivity index (χ1n) is 11.6. The van der Waals surface area contributed by atoms with Gasteiger partial charge in [0.2, 0.25) is 5.95 Å². The number of hydrogen-bond acceptors (Lipinski definition) is 8. The van der Waals surface area contributed by atoms with Crippen LogP contribution in [0.5, 0.6) is 17.2 Å². The van der Waals surface area contributed by atoms with Crippen molar-refractivity contribution >= 4 is 29.2 Å². The summed E-state index contributed by atoms with van der Waals surface area (Å²) in [5.74, 6) is 1.85. The predicted octanol–water partition coefficient (Wildman–Crippen LogP) is 5.65. The molecular formula is C28H29N5O4. The van der Waals surface area contributed by atoms with E-state index < -0.39 is 6.09 Å². The van der Waals surface area contributed by atoms with Crippen LogP contribution in [0.1, 0.15) is 16.7 Å². The second-order valence-electron chi connectivity index (χ2n) is 8.23.